The minimum atomic E-state index is -0.0346. The molecule has 0 fully saturated rings. The van der Waals surface area contributed by atoms with Crippen molar-refractivity contribution in [1.82, 2.24) is 5.16 Å². The zero-order chi connectivity index (χ0) is 17.2. The van der Waals surface area contributed by atoms with Gasteiger partial charge in [-0.25, -0.2) is 0 Å². The zero-order valence-corrected chi connectivity index (χ0v) is 13.9. The molecule has 5 heteroatoms. The number of amides is 1. The Bertz CT molecular complexity index is 903. The van der Waals surface area contributed by atoms with Crippen molar-refractivity contribution in [1.29, 1.82) is 0 Å². The fraction of sp³-hybridized carbons (Fsp3) is 0.200. The Balaban J connectivity index is 1.47. The molecular weight excluding hydrogens is 316 g/mol. The summed E-state index contributed by atoms with van der Waals surface area (Å²) in [5.74, 6) is 1.41. The maximum absolute atomic E-state index is 12.6. The number of nitrogens with zero attached hydrogens (tertiary/aromatic N) is 2. The van der Waals surface area contributed by atoms with Gasteiger partial charge in [-0.2, -0.15) is 0 Å². The molecule has 1 aliphatic rings. The summed E-state index contributed by atoms with van der Waals surface area (Å²) in [6.45, 7) is 2.70. The minimum absolute atomic E-state index is 0.0345. The molecule has 0 saturated heterocycles. The number of carbonyl (C=O) groups excluding carboxylic acids is 1. The molecule has 1 amide bonds. The van der Waals surface area contributed by atoms with Crippen LogP contribution in [0.5, 0.6) is 5.75 Å². The lowest BCUT2D eigenvalue weighted by Gasteiger charge is -2.18. The van der Waals surface area contributed by atoms with E-state index >= 15 is 0 Å². The molecule has 1 aromatic heterocycles. The minimum Gasteiger partial charge on any atom is -0.484 e. The average molecular weight is 334 g/mol. The number of anilines is 1. The molecule has 1 aliphatic heterocycles. The van der Waals surface area contributed by atoms with Crippen LogP contribution in [0.2, 0.25) is 0 Å². The Hall–Kier alpha value is -3.08. The predicted octanol–water partition coefficient (Wildman–Crippen LogP) is 3.62. The highest BCUT2D eigenvalue weighted by Gasteiger charge is 2.25. The van der Waals surface area contributed by atoms with Crippen molar-refractivity contribution in [3.63, 3.8) is 0 Å². The van der Waals surface area contributed by atoms with E-state index in [1.807, 2.05) is 49.4 Å². The SMILES string of the molecule is Cc1cccc(OCC(=O)N2CCc3cc(-c4ccno4)ccc32)c1. The van der Waals surface area contributed by atoms with Crippen molar-refractivity contribution < 1.29 is 14.1 Å². The van der Waals surface area contributed by atoms with E-state index in [9.17, 15) is 4.79 Å². The van der Waals surface area contributed by atoms with Crippen LogP contribution >= 0.6 is 0 Å². The lowest BCUT2D eigenvalue weighted by molar-refractivity contribution is -0.120. The molecule has 0 N–H and O–H groups in total. The van der Waals surface area contributed by atoms with E-state index in [0.717, 1.165) is 34.6 Å². The van der Waals surface area contributed by atoms with E-state index < -0.39 is 0 Å². The first-order valence-corrected chi connectivity index (χ1v) is 8.24. The predicted molar refractivity (Wildman–Crippen MR) is 94.7 cm³/mol. The topological polar surface area (TPSA) is 55.6 Å². The van der Waals surface area contributed by atoms with Crippen LogP contribution in [0.1, 0.15) is 11.1 Å². The molecule has 3 aromatic rings. The van der Waals surface area contributed by atoms with Crippen molar-refractivity contribution in [3.8, 4) is 17.1 Å². The number of carbonyl (C=O) groups is 1. The van der Waals surface area contributed by atoms with Gasteiger partial charge in [-0.15, -0.1) is 0 Å². The normalized spacial score (nSPS) is 12.9. The largest absolute Gasteiger partial charge is 0.484 e. The van der Waals surface area contributed by atoms with E-state index in [1.165, 1.54) is 0 Å². The fourth-order valence-electron chi connectivity index (χ4n) is 3.11. The molecule has 0 unspecified atom stereocenters. The Kier molecular flexibility index (Phi) is 3.98. The first-order valence-electron chi connectivity index (χ1n) is 8.24. The maximum Gasteiger partial charge on any atom is 0.264 e. The number of rotatable bonds is 4. The Morgan fingerprint density at radius 3 is 2.96 bits per heavy atom. The number of hydrogen-bond acceptors (Lipinski definition) is 4. The number of benzene rings is 2. The average Bonchev–Trinajstić information content (AvgIpc) is 3.28. The van der Waals surface area contributed by atoms with Crippen LogP contribution in [0.25, 0.3) is 11.3 Å². The van der Waals surface area contributed by atoms with Gasteiger partial charge >= 0.3 is 0 Å². The molecule has 126 valence electrons. The summed E-state index contributed by atoms with van der Waals surface area (Å²) in [7, 11) is 0. The summed E-state index contributed by atoms with van der Waals surface area (Å²) in [6, 6.07) is 15.5. The molecular formula is C20H18N2O3. The van der Waals surface area contributed by atoms with Crippen molar-refractivity contribution in [2.75, 3.05) is 18.1 Å². The van der Waals surface area contributed by atoms with Gasteiger partial charge in [-0.3, -0.25) is 4.79 Å². The lowest BCUT2D eigenvalue weighted by Crippen LogP contribution is -2.33. The third-order valence-electron chi connectivity index (χ3n) is 4.35. The van der Waals surface area contributed by atoms with E-state index in [1.54, 1.807) is 11.1 Å². The van der Waals surface area contributed by atoms with E-state index in [2.05, 4.69) is 11.2 Å². The van der Waals surface area contributed by atoms with Gasteiger partial charge < -0.3 is 14.2 Å². The van der Waals surface area contributed by atoms with Crippen LogP contribution in [0.3, 0.4) is 0 Å². The molecule has 2 heterocycles. The molecule has 4 rings (SSSR count). The summed E-state index contributed by atoms with van der Waals surface area (Å²) in [4.78, 5) is 14.3. The van der Waals surface area contributed by atoms with Crippen LogP contribution in [0.15, 0.2) is 59.3 Å². The summed E-state index contributed by atoms with van der Waals surface area (Å²) >= 11 is 0. The summed E-state index contributed by atoms with van der Waals surface area (Å²) < 4.78 is 10.8. The fourth-order valence-corrected chi connectivity index (χ4v) is 3.11. The van der Waals surface area contributed by atoms with Crippen LogP contribution < -0.4 is 9.64 Å². The quantitative estimate of drug-likeness (QED) is 0.731. The van der Waals surface area contributed by atoms with Crippen molar-refractivity contribution in [2.24, 2.45) is 0 Å². The van der Waals surface area contributed by atoms with Crippen molar-refractivity contribution >= 4 is 11.6 Å². The second-order valence-corrected chi connectivity index (χ2v) is 6.12. The maximum atomic E-state index is 12.6. The van der Waals surface area contributed by atoms with Gasteiger partial charge in [0, 0.05) is 23.9 Å². The smallest absolute Gasteiger partial charge is 0.264 e. The van der Waals surface area contributed by atoms with Gasteiger partial charge in [0.1, 0.15) is 5.75 Å². The highest BCUT2D eigenvalue weighted by molar-refractivity contribution is 5.96. The number of aromatic nitrogens is 1. The number of fused-ring (bicyclic) bond motifs is 1. The van der Waals surface area contributed by atoms with Gasteiger partial charge in [-0.1, -0.05) is 17.3 Å². The molecule has 0 atom stereocenters. The zero-order valence-electron chi connectivity index (χ0n) is 13.9. The van der Waals surface area contributed by atoms with Gasteiger partial charge in [-0.05, 0) is 54.8 Å². The molecule has 0 aliphatic carbocycles. The highest BCUT2D eigenvalue weighted by atomic mass is 16.5. The number of ether oxygens (including phenoxy) is 1. The monoisotopic (exact) mass is 334 g/mol. The Labute approximate surface area is 145 Å². The van der Waals surface area contributed by atoms with Crippen molar-refractivity contribution in [3.05, 3.63) is 65.9 Å². The summed E-state index contributed by atoms with van der Waals surface area (Å²) in [5.41, 5.74) is 4.16. The third-order valence-corrected chi connectivity index (χ3v) is 4.35. The molecule has 0 bridgehead atoms. The molecule has 2 aromatic carbocycles. The van der Waals surface area contributed by atoms with Gasteiger partial charge in [0.25, 0.3) is 5.91 Å². The number of aryl methyl sites for hydroxylation is 1. The standard InChI is InChI=1S/C20H18N2O3/c1-14-3-2-4-17(11-14)24-13-20(23)22-10-8-15-12-16(5-6-18(15)22)19-7-9-21-25-19/h2-7,9,11-12H,8,10,13H2,1H3. The van der Waals surface area contributed by atoms with E-state index in [0.29, 0.717) is 12.3 Å². The third kappa shape index (κ3) is 3.13. The van der Waals surface area contributed by atoms with Crippen LogP contribution in [-0.2, 0) is 11.2 Å². The summed E-state index contributed by atoms with van der Waals surface area (Å²) in [6.07, 6.45) is 2.45. The highest BCUT2D eigenvalue weighted by Crippen LogP contribution is 2.32. The molecule has 25 heavy (non-hydrogen) atoms. The van der Waals surface area contributed by atoms with Gasteiger partial charge in [0.2, 0.25) is 0 Å². The molecule has 0 radical (unpaired) electrons. The first-order chi connectivity index (χ1) is 12.2. The second kappa shape index (κ2) is 6.43. The van der Waals surface area contributed by atoms with E-state index in [4.69, 9.17) is 9.26 Å². The van der Waals surface area contributed by atoms with Gasteiger partial charge in [0.05, 0.1) is 6.20 Å². The number of hydrogen-bond donors (Lipinski definition) is 0. The molecule has 0 saturated carbocycles. The molecule has 5 nitrogen and oxygen atoms in total. The Morgan fingerprint density at radius 2 is 2.16 bits per heavy atom. The van der Waals surface area contributed by atoms with Crippen LogP contribution in [0.4, 0.5) is 5.69 Å². The van der Waals surface area contributed by atoms with Gasteiger partial charge in [0.15, 0.2) is 12.4 Å². The first kappa shape index (κ1) is 15.4. The van der Waals surface area contributed by atoms with E-state index in [-0.39, 0.29) is 12.5 Å². The summed E-state index contributed by atoms with van der Waals surface area (Å²) in [5, 5.41) is 3.74. The molecule has 0 spiro atoms. The Morgan fingerprint density at radius 1 is 1.24 bits per heavy atom. The van der Waals surface area contributed by atoms with Crippen LogP contribution in [-0.4, -0.2) is 24.2 Å². The lowest BCUT2D eigenvalue weighted by atomic mass is 10.1. The van der Waals surface area contributed by atoms with Crippen molar-refractivity contribution in [2.45, 2.75) is 13.3 Å². The van der Waals surface area contributed by atoms with Crippen LogP contribution in [0, 0.1) is 6.92 Å². The second-order valence-electron chi connectivity index (χ2n) is 6.12.